The van der Waals surface area contributed by atoms with Crippen LogP contribution in [0.15, 0.2) is 30.6 Å². The van der Waals surface area contributed by atoms with Crippen molar-refractivity contribution in [2.45, 2.75) is 19.6 Å². The predicted octanol–water partition coefficient (Wildman–Crippen LogP) is 0.383. The van der Waals surface area contributed by atoms with Gasteiger partial charge in [-0.05, 0) is 41.6 Å². The molecule has 0 radical (unpaired) electrons. The third-order valence-electron chi connectivity index (χ3n) is 2.47. The van der Waals surface area contributed by atoms with Crippen LogP contribution in [-0.4, -0.2) is 38.2 Å². The van der Waals surface area contributed by atoms with Gasteiger partial charge in [-0.3, -0.25) is 9.59 Å². The molecule has 1 aromatic heterocycles. The molecule has 0 saturated carbocycles. The number of ether oxygens (including phenoxy) is 1. The van der Waals surface area contributed by atoms with E-state index in [9.17, 15) is 14.0 Å². The number of tetrazole rings is 1. The average molecular weight is 293 g/mol. The highest BCUT2D eigenvalue weighted by atomic mass is 19.1. The third kappa shape index (κ3) is 4.34. The van der Waals surface area contributed by atoms with E-state index in [0.29, 0.717) is 5.69 Å². The fourth-order valence-corrected chi connectivity index (χ4v) is 1.45. The molecule has 0 aliphatic rings. The lowest BCUT2D eigenvalue weighted by molar-refractivity contribution is -0.153. The number of nitrogens with one attached hydrogen (secondary N) is 1. The number of anilines is 1. The monoisotopic (exact) mass is 293 g/mol. The van der Waals surface area contributed by atoms with Crippen molar-refractivity contribution in [3.63, 3.8) is 0 Å². The number of nitrogens with zero attached hydrogens (tertiary/aromatic N) is 4. The minimum atomic E-state index is -1.00. The molecule has 8 nitrogen and oxygen atoms in total. The van der Waals surface area contributed by atoms with Gasteiger partial charge in [0.05, 0.1) is 0 Å². The highest BCUT2D eigenvalue weighted by molar-refractivity contribution is 5.95. The van der Waals surface area contributed by atoms with E-state index in [-0.39, 0.29) is 6.54 Å². The Labute approximate surface area is 118 Å². The molecule has 0 fully saturated rings. The van der Waals surface area contributed by atoms with Gasteiger partial charge in [0, 0.05) is 5.69 Å². The SMILES string of the molecule is C[C@@H](OC(=O)Cn1cnnn1)C(=O)Nc1ccc(F)cc1. The van der Waals surface area contributed by atoms with Crippen LogP contribution in [0.1, 0.15) is 6.92 Å². The molecule has 0 bridgehead atoms. The first-order valence-corrected chi connectivity index (χ1v) is 6.01. The molecule has 1 aromatic carbocycles. The molecule has 0 spiro atoms. The first kappa shape index (κ1) is 14.6. The maximum absolute atomic E-state index is 12.7. The van der Waals surface area contributed by atoms with E-state index in [2.05, 4.69) is 20.8 Å². The van der Waals surface area contributed by atoms with Crippen molar-refractivity contribution >= 4 is 17.6 Å². The second kappa shape index (κ2) is 6.55. The van der Waals surface area contributed by atoms with Crippen LogP contribution in [0.3, 0.4) is 0 Å². The van der Waals surface area contributed by atoms with Crippen LogP contribution in [0.2, 0.25) is 0 Å². The number of carbonyl (C=O) groups excluding carboxylic acids is 2. The minimum Gasteiger partial charge on any atom is -0.451 e. The largest absolute Gasteiger partial charge is 0.451 e. The van der Waals surface area contributed by atoms with Gasteiger partial charge in [0.1, 0.15) is 18.7 Å². The maximum Gasteiger partial charge on any atom is 0.328 e. The van der Waals surface area contributed by atoms with Gasteiger partial charge >= 0.3 is 5.97 Å². The highest BCUT2D eigenvalue weighted by Crippen LogP contribution is 2.09. The zero-order valence-electron chi connectivity index (χ0n) is 11.1. The zero-order valence-corrected chi connectivity index (χ0v) is 11.1. The van der Waals surface area contributed by atoms with Crippen LogP contribution < -0.4 is 5.32 Å². The lowest BCUT2D eigenvalue weighted by Crippen LogP contribution is -2.31. The van der Waals surface area contributed by atoms with Crippen LogP contribution in [0.25, 0.3) is 0 Å². The molecule has 2 aromatic rings. The Morgan fingerprint density at radius 3 is 2.71 bits per heavy atom. The number of hydrogen-bond donors (Lipinski definition) is 1. The number of rotatable bonds is 5. The summed E-state index contributed by atoms with van der Waals surface area (Å²) < 4.78 is 18.8. The van der Waals surface area contributed by atoms with E-state index in [1.54, 1.807) is 0 Å². The van der Waals surface area contributed by atoms with Crippen molar-refractivity contribution in [3.8, 4) is 0 Å². The van der Waals surface area contributed by atoms with Crippen LogP contribution in [-0.2, 0) is 20.9 Å². The summed E-state index contributed by atoms with van der Waals surface area (Å²) in [4.78, 5) is 23.4. The fourth-order valence-electron chi connectivity index (χ4n) is 1.45. The van der Waals surface area contributed by atoms with Crippen molar-refractivity contribution in [1.82, 2.24) is 20.2 Å². The maximum atomic E-state index is 12.7. The zero-order chi connectivity index (χ0) is 15.2. The summed E-state index contributed by atoms with van der Waals surface area (Å²) in [6, 6.07) is 5.24. The average Bonchev–Trinajstić information content (AvgIpc) is 2.94. The van der Waals surface area contributed by atoms with E-state index in [1.807, 2.05) is 0 Å². The second-order valence-corrected chi connectivity index (χ2v) is 4.14. The Balaban J connectivity index is 1.84. The Bertz CT molecular complexity index is 614. The Kier molecular flexibility index (Phi) is 4.54. The summed E-state index contributed by atoms with van der Waals surface area (Å²) in [5.74, 6) is -1.58. The van der Waals surface area contributed by atoms with Gasteiger partial charge in [-0.2, -0.15) is 0 Å². The van der Waals surface area contributed by atoms with E-state index in [0.717, 1.165) is 0 Å². The molecule has 1 heterocycles. The molecular formula is C12H12FN5O3. The predicted molar refractivity (Wildman–Crippen MR) is 68.4 cm³/mol. The van der Waals surface area contributed by atoms with Gasteiger partial charge in [0.15, 0.2) is 6.10 Å². The van der Waals surface area contributed by atoms with Crippen molar-refractivity contribution in [1.29, 1.82) is 0 Å². The number of benzene rings is 1. The van der Waals surface area contributed by atoms with Crippen LogP contribution in [0.4, 0.5) is 10.1 Å². The van der Waals surface area contributed by atoms with E-state index >= 15 is 0 Å². The molecule has 1 atom stereocenters. The van der Waals surface area contributed by atoms with Gasteiger partial charge < -0.3 is 10.1 Å². The number of carbonyl (C=O) groups is 2. The first-order chi connectivity index (χ1) is 10.0. The van der Waals surface area contributed by atoms with Crippen molar-refractivity contribution in [2.75, 3.05) is 5.32 Å². The molecule has 110 valence electrons. The smallest absolute Gasteiger partial charge is 0.328 e. The van der Waals surface area contributed by atoms with Gasteiger partial charge in [-0.1, -0.05) is 0 Å². The molecule has 0 aliphatic carbocycles. The summed E-state index contributed by atoms with van der Waals surface area (Å²) in [6.45, 7) is 1.23. The van der Waals surface area contributed by atoms with Crippen LogP contribution >= 0.6 is 0 Å². The van der Waals surface area contributed by atoms with Crippen LogP contribution in [0, 0.1) is 5.82 Å². The normalized spacial score (nSPS) is 11.7. The number of halogens is 1. The van der Waals surface area contributed by atoms with Gasteiger partial charge in [0.25, 0.3) is 5.91 Å². The topological polar surface area (TPSA) is 99.0 Å². The molecule has 9 heteroatoms. The quantitative estimate of drug-likeness (QED) is 0.800. The highest BCUT2D eigenvalue weighted by Gasteiger charge is 2.18. The lowest BCUT2D eigenvalue weighted by atomic mass is 10.3. The van der Waals surface area contributed by atoms with E-state index < -0.39 is 23.8 Å². The van der Waals surface area contributed by atoms with E-state index in [1.165, 1.54) is 42.2 Å². The minimum absolute atomic E-state index is 0.193. The Morgan fingerprint density at radius 1 is 1.38 bits per heavy atom. The molecule has 1 N–H and O–H groups in total. The first-order valence-electron chi connectivity index (χ1n) is 6.01. The Hall–Kier alpha value is -2.84. The molecule has 0 aliphatic heterocycles. The summed E-state index contributed by atoms with van der Waals surface area (Å²) in [5.41, 5.74) is 0.407. The molecular weight excluding hydrogens is 281 g/mol. The van der Waals surface area contributed by atoms with Crippen molar-refractivity contribution in [2.24, 2.45) is 0 Å². The molecule has 0 unspecified atom stereocenters. The van der Waals surface area contributed by atoms with Crippen molar-refractivity contribution < 1.29 is 18.7 Å². The second-order valence-electron chi connectivity index (χ2n) is 4.14. The fraction of sp³-hybridized carbons (Fsp3) is 0.250. The van der Waals surface area contributed by atoms with E-state index in [4.69, 9.17) is 4.74 Å². The molecule has 21 heavy (non-hydrogen) atoms. The number of aromatic nitrogens is 4. The summed E-state index contributed by atoms with van der Waals surface area (Å²) >= 11 is 0. The summed E-state index contributed by atoms with van der Waals surface area (Å²) in [5, 5.41) is 12.7. The van der Waals surface area contributed by atoms with Crippen LogP contribution in [0.5, 0.6) is 0 Å². The molecule has 1 amide bonds. The summed E-state index contributed by atoms with van der Waals surface area (Å²) in [6.07, 6.45) is 0.254. The number of amides is 1. The summed E-state index contributed by atoms with van der Waals surface area (Å²) in [7, 11) is 0. The van der Waals surface area contributed by atoms with Gasteiger partial charge in [-0.25, -0.2) is 9.07 Å². The van der Waals surface area contributed by atoms with Gasteiger partial charge in [-0.15, -0.1) is 5.10 Å². The molecule has 0 saturated heterocycles. The third-order valence-corrected chi connectivity index (χ3v) is 2.47. The lowest BCUT2D eigenvalue weighted by Gasteiger charge is -2.13. The number of esters is 1. The standard InChI is InChI=1S/C12H12FN5O3/c1-8(21-11(19)6-18-7-14-16-17-18)12(20)15-10-4-2-9(13)3-5-10/h2-5,7-8H,6H2,1H3,(H,15,20)/t8-/m1/s1. The Morgan fingerprint density at radius 2 is 2.10 bits per heavy atom. The number of hydrogen-bond acceptors (Lipinski definition) is 6. The van der Waals surface area contributed by atoms with Gasteiger partial charge in [0.2, 0.25) is 0 Å². The molecule has 2 rings (SSSR count). The van der Waals surface area contributed by atoms with Crippen molar-refractivity contribution in [3.05, 3.63) is 36.4 Å².